The minimum Gasteiger partial charge on any atom is -0.507 e. The average molecular weight is 403 g/mol. The Bertz CT molecular complexity index is 730. The summed E-state index contributed by atoms with van der Waals surface area (Å²) in [4.78, 5) is 12.7. The molecule has 2 rings (SSSR count). The second kappa shape index (κ2) is 6.95. The number of Topliss-reactive ketones (excluding diaryl/α,β-unsaturated/α-hetero) is 1. The average Bonchev–Trinajstić information content (AvgIpc) is 2.52. The standard InChI is InChI=1S/C22H27BrO2/c1-21(2,3)16-12-15(13-17(20(16)25)22(4,5)6)19(24)18(23)14-10-8-7-9-11-14/h7-13,18,25H,1-6H3/t18-/m1/s1. The second-order valence-electron chi connectivity index (χ2n) is 8.56. The molecule has 0 fully saturated rings. The van der Waals surface area contributed by atoms with Gasteiger partial charge in [0.25, 0.3) is 0 Å². The molecule has 2 aromatic rings. The number of hydrogen-bond donors (Lipinski definition) is 1. The van der Waals surface area contributed by atoms with Crippen LogP contribution in [0.4, 0.5) is 0 Å². The van der Waals surface area contributed by atoms with Crippen molar-refractivity contribution < 1.29 is 9.90 Å². The number of phenols is 1. The summed E-state index contributed by atoms with van der Waals surface area (Å²) in [6, 6.07) is 13.3. The van der Waals surface area contributed by atoms with Crippen molar-refractivity contribution in [1.29, 1.82) is 0 Å². The topological polar surface area (TPSA) is 37.3 Å². The van der Waals surface area contributed by atoms with E-state index >= 15 is 0 Å². The Balaban J connectivity index is 2.59. The summed E-state index contributed by atoms with van der Waals surface area (Å²) < 4.78 is 0. The SMILES string of the molecule is CC(C)(C)c1cc(C(=O)[C@H](Br)c2ccccc2)cc(C(C)(C)C)c1O. The number of rotatable bonds is 3. The smallest absolute Gasteiger partial charge is 0.180 e. The van der Waals surface area contributed by atoms with Gasteiger partial charge in [-0.3, -0.25) is 4.79 Å². The summed E-state index contributed by atoms with van der Waals surface area (Å²) in [5.41, 5.74) is 2.64. The maximum Gasteiger partial charge on any atom is 0.180 e. The van der Waals surface area contributed by atoms with Crippen LogP contribution >= 0.6 is 15.9 Å². The Morgan fingerprint density at radius 2 is 1.36 bits per heavy atom. The van der Waals surface area contributed by atoms with Gasteiger partial charge in [-0.15, -0.1) is 0 Å². The molecule has 0 aromatic heterocycles. The zero-order valence-corrected chi connectivity index (χ0v) is 17.4. The number of carbonyl (C=O) groups excluding carboxylic acids is 1. The van der Waals surface area contributed by atoms with Crippen molar-refractivity contribution in [3.63, 3.8) is 0 Å². The lowest BCUT2D eigenvalue weighted by atomic mass is 9.78. The van der Waals surface area contributed by atoms with Gasteiger partial charge in [-0.05, 0) is 28.5 Å². The van der Waals surface area contributed by atoms with Gasteiger partial charge in [0, 0.05) is 16.7 Å². The van der Waals surface area contributed by atoms with Gasteiger partial charge in [0.1, 0.15) is 10.6 Å². The fourth-order valence-corrected chi connectivity index (χ4v) is 3.41. The van der Waals surface area contributed by atoms with Crippen molar-refractivity contribution >= 4 is 21.7 Å². The number of halogens is 1. The summed E-state index contributed by atoms with van der Waals surface area (Å²) in [5, 5.41) is 10.8. The number of carbonyl (C=O) groups is 1. The zero-order chi connectivity index (χ0) is 19.0. The van der Waals surface area contributed by atoms with Gasteiger partial charge >= 0.3 is 0 Å². The summed E-state index contributed by atoms with van der Waals surface area (Å²) in [5.74, 6) is 0.296. The van der Waals surface area contributed by atoms with Crippen LogP contribution in [0.3, 0.4) is 0 Å². The van der Waals surface area contributed by atoms with Crippen molar-refractivity contribution in [1.82, 2.24) is 0 Å². The predicted octanol–water partition coefficient (Wildman–Crippen LogP) is 6.31. The first-order valence-corrected chi connectivity index (χ1v) is 9.45. The molecule has 0 aliphatic carbocycles. The maximum absolute atomic E-state index is 13.1. The molecule has 0 aliphatic heterocycles. The molecular formula is C22H27BrO2. The van der Waals surface area contributed by atoms with Gasteiger partial charge in [0.2, 0.25) is 0 Å². The lowest BCUT2D eigenvalue weighted by molar-refractivity contribution is 0.0991. The molecule has 2 nitrogen and oxygen atoms in total. The quantitative estimate of drug-likeness (QED) is 0.482. The van der Waals surface area contributed by atoms with E-state index in [1.165, 1.54) is 0 Å². The van der Waals surface area contributed by atoms with Crippen LogP contribution in [0.1, 0.15) is 73.4 Å². The minimum atomic E-state index is -0.404. The van der Waals surface area contributed by atoms with Crippen LogP contribution in [-0.2, 0) is 10.8 Å². The third-order valence-corrected chi connectivity index (χ3v) is 5.28. The number of aromatic hydroxyl groups is 1. The molecule has 0 aliphatic rings. The molecule has 0 saturated heterocycles. The Morgan fingerprint density at radius 1 is 0.920 bits per heavy atom. The fourth-order valence-electron chi connectivity index (χ4n) is 2.84. The molecule has 3 heteroatoms. The molecule has 0 radical (unpaired) electrons. The highest BCUT2D eigenvalue weighted by Crippen LogP contribution is 2.41. The Morgan fingerprint density at radius 3 is 1.76 bits per heavy atom. The molecule has 1 N–H and O–H groups in total. The summed E-state index contributed by atoms with van der Waals surface area (Å²) >= 11 is 3.54. The first-order valence-electron chi connectivity index (χ1n) is 8.54. The molecule has 0 amide bonds. The van der Waals surface area contributed by atoms with E-state index in [9.17, 15) is 9.90 Å². The van der Waals surface area contributed by atoms with Gasteiger partial charge in [-0.1, -0.05) is 87.8 Å². The van der Waals surface area contributed by atoms with Crippen molar-refractivity contribution in [2.45, 2.75) is 57.2 Å². The highest BCUT2D eigenvalue weighted by Gasteiger charge is 2.29. The first-order chi connectivity index (χ1) is 11.4. The molecule has 25 heavy (non-hydrogen) atoms. The fraction of sp³-hybridized carbons (Fsp3) is 0.409. The van der Waals surface area contributed by atoms with Crippen molar-refractivity contribution in [2.24, 2.45) is 0 Å². The number of benzene rings is 2. The van der Waals surface area contributed by atoms with Crippen LogP contribution in [-0.4, -0.2) is 10.9 Å². The molecule has 0 heterocycles. The normalized spacial score (nSPS) is 13.6. The summed E-state index contributed by atoms with van der Waals surface area (Å²) in [6.07, 6.45) is 0. The number of ketones is 1. The van der Waals surface area contributed by atoms with Gasteiger partial charge < -0.3 is 5.11 Å². The van der Waals surface area contributed by atoms with E-state index in [-0.39, 0.29) is 16.6 Å². The van der Waals surface area contributed by atoms with Gasteiger partial charge in [-0.25, -0.2) is 0 Å². The van der Waals surface area contributed by atoms with Crippen molar-refractivity contribution in [3.05, 3.63) is 64.7 Å². The molecule has 0 bridgehead atoms. The molecule has 0 saturated carbocycles. The van der Waals surface area contributed by atoms with E-state index in [2.05, 4.69) is 15.9 Å². The first kappa shape index (κ1) is 19.7. The van der Waals surface area contributed by atoms with E-state index in [4.69, 9.17) is 0 Å². The van der Waals surface area contributed by atoms with E-state index in [0.717, 1.165) is 16.7 Å². The summed E-state index contributed by atoms with van der Waals surface area (Å²) in [6.45, 7) is 12.3. The van der Waals surface area contributed by atoms with Crippen LogP contribution in [0.2, 0.25) is 0 Å². The van der Waals surface area contributed by atoms with Crippen LogP contribution in [0.25, 0.3) is 0 Å². The lowest BCUT2D eigenvalue weighted by Gasteiger charge is -2.28. The van der Waals surface area contributed by atoms with E-state index < -0.39 is 4.83 Å². The molecule has 2 aromatic carbocycles. The highest BCUT2D eigenvalue weighted by molar-refractivity contribution is 9.09. The van der Waals surface area contributed by atoms with E-state index in [0.29, 0.717) is 11.3 Å². The number of alkyl halides is 1. The third kappa shape index (κ3) is 4.33. The second-order valence-corrected chi connectivity index (χ2v) is 9.47. The Labute approximate surface area is 159 Å². The monoisotopic (exact) mass is 402 g/mol. The van der Waals surface area contributed by atoms with Crippen LogP contribution < -0.4 is 0 Å². The number of phenolic OH excluding ortho intramolecular Hbond substituents is 1. The van der Waals surface area contributed by atoms with Gasteiger partial charge in [0.05, 0.1) is 0 Å². The van der Waals surface area contributed by atoms with E-state index in [1.807, 2.05) is 84.0 Å². The molecule has 0 unspecified atom stereocenters. The third-order valence-electron chi connectivity index (χ3n) is 4.33. The molecule has 0 spiro atoms. The minimum absolute atomic E-state index is 0.00204. The maximum atomic E-state index is 13.1. The summed E-state index contributed by atoms with van der Waals surface area (Å²) in [7, 11) is 0. The Kier molecular flexibility index (Phi) is 5.48. The van der Waals surface area contributed by atoms with Crippen LogP contribution in [0, 0.1) is 0 Å². The highest BCUT2D eigenvalue weighted by atomic mass is 79.9. The molecule has 134 valence electrons. The number of hydrogen-bond acceptors (Lipinski definition) is 2. The lowest BCUT2D eigenvalue weighted by Crippen LogP contribution is -2.19. The zero-order valence-electron chi connectivity index (χ0n) is 15.9. The predicted molar refractivity (Wildman–Crippen MR) is 108 cm³/mol. The van der Waals surface area contributed by atoms with Crippen LogP contribution in [0.5, 0.6) is 5.75 Å². The van der Waals surface area contributed by atoms with Gasteiger partial charge in [0.15, 0.2) is 5.78 Å². The molecule has 1 atom stereocenters. The van der Waals surface area contributed by atoms with Crippen molar-refractivity contribution in [2.75, 3.05) is 0 Å². The van der Waals surface area contributed by atoms with Gasteiger partial charge in [-0.2, -0.15) is 0 Å². The Hall–Kier alpha value is -1.61. The largest absolute Gasteiger partial charge is 0.507 e. The van der Waals surface area contributed by atoms with Crippen molar-refractivity contribution in [3.8, 4) is 5.75 Å². The molecular weight excluding hydrogens is 376 g/mol. The van der Waals surface area contributed by atoms with E-state index in [1.54, 1.807) is 0 Å². The van der Waals surface area contributed by atoms with Crippen LogP contribution in [0.15, 0.2) is 42.5 Å².